The second-order valence-electron chi connectivity index (χ2n) is 10.9. The quantitative estimate of drug-likeness (QED) is 0.628. The number of rotatable bonds is 5. The third-order valence-corrected chi connectivity index (χ3v) is 7.83. The summed E-state index contributed by atoms with van der Waals surface area (Å²) in [5.41, 5.74) is 3.55. The van der Waals surface area contributed by atoms with Crippen molar-refractivity contribution >= 4 is 11.7 Å². The van der Waals surface area contributed by atoms with Crippen LogP contribution in [0, 0.1) is 0 Å². The van der Waals surface area contributed by atoms with E-state index in [1.165, 1.54) is 11.1 Å². The van der Waals surface area contributed by atoms with Gasteiger partial charge in [0.1, 0.15) is 0 Å². The van der Waals surface area contributed by atoms with Crippen LogP contribution in [0.25, 0.3) is 0 Å². The number of ether oxygens (including phenoxy) is 2. The van der Waals surface area contributed by atoms with Gasteiger partial charge in [0.2, 0.25) is 0 Å². The molecule has 0 radical (unpaired) electrons. The summed E-state index contributed by atoms with van der Waals surface area (Å²) < 4.78 is 11.0. The van der Waals surface area contributed by atoms with Gasteiger partial charge in [0, 0.05) is 23.2 Å². The molecule has 0 unspecified atom stereocenters. The minimum absolute atomic E-state index is 0.0751. The van der Waals surface area contributed by atoms with E-state index >= 15 is 0 Å². The molecule has 184 valence electrons. The van der Waals surface area contributed by atoms with Crippen LogP contribution in [0.5, 0.6) is 11.5 Å². The molecule has 1 heterocycles. The van der Waals surface area contributed by atoms with Gasteiger partial charge in [-0.2, -0.15) is 0 Å². The smallest absolute Gasteiger partial charge is 0.319 e. The molecule has 1 saturated heterocycles. The molecule has 6 heteroatoms. The first-order chi connectivity index (χ1) is 16.2. The Bertz CT molecular complexity index is 1010. The van der Waals surface area contributed by atoms with Crippen LogP contribution in [0.2, 0.25) is 0 Å². The summed E-state index contributed by atoms with van der Waals surface area (Å²) in [5, 5.41) is 6.25. The molecular weight excluding hydrogens is 426 g/mol. The Hall–Kier alpha value is -2.73. The van der Waals surface area contributed by atoms with E-state index < -0.39 is 0 Å². The summed E-state index contributed by atoms with van der Waals surface area (Å²) in [6.45, 7) is 7.62. The molecule has 1 saturated carbocycles. The average molecular weight is 466 g/mol. The molecule has 34 heavy (non-hydrogen) atoms. The zero-order chi connectivity index (χ0) is 24.5. The van der Waals surface area contributed by atoms with Crippen LogP contribution in [0.15, 0.2) is 42.5 Å². The highest BCUT2D eigenvalue weighted by Gasteiger charge is 2.50. The van der Waals surface area contributed by atoms with E-state index in [9.17, 15) is 4.79 Å². The minimum atomic E-state index is -0.132. The summed E-state index contributed by atoms with van der Waals surface area (Å²) in [4.78, 5) is 15.2. The number of urea groups is 1. The lowest BCUT2D eigenvalue weighted by molar-refractivity contribution is 0.156. The van der Waals surface area contributed by atoms with E-state index in [1.807, 2.05) is 18.2 Å². The summed E-state index contributed by atoms with van der Waals surface area (Å²) in [6, 6.07) is 14.9. The van der Waals surface area contributed by atoms with Crippen LogP contribution >= 0.6 is 0 Å². The van der Waals surface area contributed by atoms with E-state index in [2.05, 4.69) is 67.6 Å². The van der Waals surface area contributed by atoms with E-state index in [0.29, 0.717) is 6.04 Å². The maximum atomic E-state index is 12.8. The fourth-order valence-electron chi connectivity index (χ4n) is 5.80. The molecule has 1 aliphatic carbocycles. The lowest BCUT2D eigenvalue weighted by atomic mass is 9.65. The molecule has 4 rings (SSSR count). The molecule has 3 atom stereocenters. The first kappa shape index (κ1) is 24.4. The number of benzene rings is 2. The van der Waals surface area contributed by atoms with Gasteiger partial charge in [0.15, 0.2) is 11.5 Å². The number of nitrogens with zero attached hydrogens (tertiary/aromatic N) is 1. The molecule has 0 aromatic heterocycles. The number of likely N-dealkylation sites (N-methyl/N-ethyl adjacent to an activating group) is 1. The van der Waals surface area contributed by atoms with Crippen LogP contribution in [0.4, 0.5) is 10.5 Å². The van der Waals surface area contributed by atoms with Crippen LogP contribution in [0.1, 0.15) is 57.6 Å². The predicted molar refractivity (Wildman–Crippen MR) is 137 cm³/mol. The van der Waals surface area contributed by atoms with Crippen molar-refractivity contribution in [1.29, 1.82) is 0 Å². The van der Waals surface area contributed by atoms with Gasteiger partial charge in [-0.3, -0.25) is 0 Å². The number of anilines is 1. The third kappa shape index (κ3) is 4.74. The number of likely N-dealkylation sites (tertiary alicyclic amines) is 1. The third-order valence-electron chi connectivity index (χ3n) is 7.83. The standard InChI is InChI=1S/C28H39N3O3/c1-27(2,3)19-7-10-21(11-8-19)29-26(32)30-22-13-14-28(15-16-31(4)25(28)18-22)20-9-12-23(33-5)24(17-20)34-6/h7-12,17,22,25H,13-16,18H2,1-6H3,(H2,29,30,32)/t22-,25+,28-/m0/s1. The fraction of sp³-hybridized carbons (Fsp3) is 0.536. The van der Waals surface area contributed by atoms with Crippen LogP contribution in [0.3, 0.4) is 0 Å². The van der Waals surface area contributed by atoms with Gasteiger partial charge >= 0.3 is 6.03 Å². The summed E-state index contributed by atoms with van der Waals surface area (Å²) >= 11 is 0. The summed E-state index contributed by atoms with van der Waals surface area (Å²) in [6.07, 6.45) is 4.03. The van der Waals surface area contributed by atoms with Crippen molar-refractivity contribution in [2.75, 3.05) is 33.1 Å². The van der Waals surface area contributed by atoms with Crippen molar-refractivity contribution in [3.8, 4) is 11.5 Å². The molecule has 6 nitrogen and oxygen atoms in total. The molecular formula is C28H39N3O3. The highest BCUT2D eigenvalue weighted by Crippen LogP contribution is 2.49. The Labute approximate surface area is 204 Å². The van der Waals surface area contributed by atoms with Gasteiger partial charge in [0.25, 0.3) is 0 Å². The van der Waals surface area contributed by atoms with Crippen molar-refractivity contribution in [3.63, 3.8) is 0 Å². The maximum absolute atomic E-state index is 12.8. The number of methoxy groups -OCH3 is 2. The van der Waals surface area contributed by atoms with Crippen molar-refractivity contribution in [2.24, 2.45) is 0 Å². The van der Waals surface area contributed by atoms with Gasteiger partial charge in [0.05, 0.1) is 14.2 Å². The fourth-order valence-corrected chi connectivity index (χ4v) is 5.80. The van der Waals surface area contributed by atoms with Crippen LogP contribution < -0.4 is 20.1 Å². The second kappa shape index (κ2) is 9.49. The zero-order valence-electron chi connectivity index (χ0n) is 21.4. The molecule has 2 N–H and O–H groups in total. The molecule has 2 aromatic rings. The molecule has 2 aromatic carbocycles. The minimum Gasteiger partial charge on any atom is -0.493 e. The average Bonchev–Trinajstić information content (AvgIpc) is 3.15. The number of carbonyl (C=O) groups is 1. The highest BCUT2D eigenvalue weighted by atomic mass is 16.5. The van der Waals surface area contributed by atoms with Gasteiger partial charge in [-0.15, -0.1) is 0 Å². The molecule has 2 amide bonds. The topological polar surface area (TPSA) is 62.8 Å². The van der Waals surface area contributed by atoms with Crippen molar-refractivity contribution in [3.05, 3.63) is 53.6 Å². The van der Waals surface area contributed by atoms with Gasteiger partial charge in [-0.05, 0) is 80.1 Å². The lowest BCUT2D eigenvalue weighted by Gasteiger charge is -2.45. The molecule has 2 aliphatic rings. The molecule has 2 fully saturated rings. The number of nitrogens with one attached hydrogen (secondary N) is 2. The largest absolute Gasteiger partial charge is 0.493 e. The highest BCUT2D eigenvalue weighted by molar-refractivity contribution is 5.89. The Morgan fingerprint density at radius 1 is 1.03 bits per heavy atom. The Morgan fingerprint density at radius 2 is 1.74 bits per heavy atom. The van der Waals surface area contributed by atoms with E-state index in [0.717, 1.165) is 49.4 Å². The van der Waals surface area contributed by atoms with E-state index in [1.54, 1.807) is 14.2 Å². The number of amides is 2. The van der Waals surface area contributed by atoms with Crippen molar-refractivity contribution < 1.29 is 14.3 Å². The van der Waals surface area contributed by atoms with Gasteiger partial charge < -0.3 is 25.0 Å². The number of fused-ring (bicyclic) bond motifs is 1. The van der Waals surface area contributed by atoms with Crippen LogP contribution in [-0.2, 0) is 10.8 Å². The summed E-state index contributed by atoms with van der Waals surface area (Å²) in [7, 11) is 5.56. The van der Waals surface area contributed by atoms with Crippen molar-refractivity contribution in [1.82, 2.24) is 10.2 Å². The van der Waals surface area contributed by atoms with Gasteiger partial charge in [-0.25, -0.2) is 4.79 Å². The predicted octanol–water partition coefficient (Wildman–Crippen LogP) is 5.32. The molecule has 0 spiro atoms. The first-order valence-corrected chi connectivity index (χ1v) is 12.3. The monoisotopic (exact) mass is 465 g/mol. The van der Waals surface area contributed by atoms with Crippen LogP contribution in [-0.4, -0.2) is 50.8 Å². The van der Waals surface area contributed by atoms with Crippen molar-refractivity contribution in [2.45, 2.75) is 69.4 Å². The second-order valence-corrected chi connectivity index (χ2v) is 10.9. The Kier molecular flexibility index (Phi) is 6.81. The molecule has 0 bridgehead atoms. The number of carbonyl (C=O) groups excluding carboxylic acids is 1. The Balaban J connectivity index is 1.43. The van der Waals surface area contributed by atoms with Gasteiger partial charge in [-0.1, -0.05) is 39.0 Å². The normalized spacial score (nSPS) is 24.9. The van der Waals surface area contributed by atoms with E-state index in [-0.39, 0.29) is 22.9 Å². The number of hydrogen-bond acceptors (Lipinski definition) is 4. The summed E-state index contributed by atoms with van der Waals surface area (Å²) in [5.74, 6) is 1.54. The first-order valence-electron chi connectivity index (χ1n) is 12.3. The maximum Gasteiger partial charge on any atom is 0.319 e. The molecule has 1 aliphatic heterocycles. The lowest BCUT2D eigenvalue weighted by Crippen LogP contribution is -2.52. The number of hydrogen-bond donors (Lipinski definition) is 2. The zero-order valence-corrected chi connectivity index (χ0v) is 21.4. The van der Waals surface area contributed by atoms with E-state index in [4.69, 9.17) is 9.47 Å². The Morgan fingerprint density at radius 3 is 2.38 bits per heavy atom. The SMILES string of the molecule is COc1ccc([C@@]23CC[C@H](NC(=O)Nc4ccc(C(C)(C)C)cc4)C[C@H]2N(C)CC3)cc1OC.